The fraction of sp³-hybridized carbons (Fsp3) is 0.208. The van der Waals surface area contributed by atoms with Gasteiger partial charge in [0.25, 0.3) is 0 Å². The van der Waals surface area contributed by atoms with Crippen molar-refractivity contribution in [3.05, 3.63) is 75.6 Å². The zero-order chi connectivity index (χ0) is 25.3. The van der Waals surface area contributed by atoms with Gasteiger partial charge in [-0.05, 0) is 39.0 Å². The van der Waals surface area contributed by atoms with E-state index in [9.17, 15) is 32.0 Å². The lowest BCUT2D eigenvalue weighted by Crippen LogP contribution is -2.23. The summed E-state index contributed by atoms with van der Waals surface area (Å²) in [5, 5.41) is 10.9. The number of aromatic nitrogens is 1. The Bertz CT molecular complexity index is 1290. The van der Waals surface area contributed by atoms with Crippen LogP contribution in [0.15, 0.2) is 47.8 Å². The number of hydrogen-bond acceptors (Lipinski definition) is 5. The minimum atomic E-state index is -4.82. The van der Waals surface area contributed by atoms with Crippen LogP contribution in [0.3, 0.4) is 0 Å². The van der Waals surface area contributed by atoms with E-state index in [1.165, 1.54) is 38.3 Å². The first-order chi connectivity index (χ1) is 15.8. The maximum Gasteiger partial charge on any atom is 0.417 e. The SMILES string of the molecule is CC(C)(C)C(=O)O/C(=C(\C#N)c1nc(-c2c(F)cccc2F)cs1)c1ccccc1C(F)(F)F. The van der Waals surface area contributed by atoms with Crippen molar-refractivity contribution in [2.45, 2.75) is 26.9 Å². The lowest BCUT2D eigenvalue weighted by Gasteiger charge is -2.21. The third-order valence-electron chi connectivity index (χ3n) is 4.56. The maximum absolute atomic E-state index is 14.2. The molecule has 0 saturated heterocycles. The van der Waals surface area contributed by atoms with Crippen molar-refractivity contribution >= 4 is 28.6 Å². The number of hydrogen-bond donors (Lipinski definition) is 0. The van der Waals surface area contributed by atoms with Gasteiger partial charge in [-0.3, -0.25) is 4.79 Å². The van der Waals surface area contributed by atoms with E-state index in [2.05, 4.69) is 4.98 Å². The van der Waals surface area contributed by atoms with E-state index >= 15 is 0 Å². The quantitative estimate of drug-likeness (QED) is 0.169. The molecule has 0 atom stereocenters. The number of halogens is 5. The summed E-state index contributed by atoms with van der Waals surface area (Å²) in [5.41, 5.74) is -3.87. The van der Waals surface area contributed by atoms with Crippen molar-refractivity contribution in [2.75, 3.05) is 0 Å². The lowest BCUT2D eigenvalue weighted by molar-refractivity contribution is -0.146. The van der Waals surface area contributed by atoms with Gasteiger partial charge in [-0.15, -0.1) is 11.3 Å². The molecule has 2 aromatic carbocycles. The molecular formula is C24H17F5N2O2S. The summed E-state index contributed by atoms with van der Waals surface area (Å²) in [7, 11) is 0. The first-order valence-corrected chi connectivity index (χ1v) is 10.7. The molecule has 0 fully saturated rings. The molecule has 0 bridgehead atoms. The predicted molar refractivity (Wildman–Crippen MR) is 117 cm³/mol. The van der Waals surface area contributed by atoms with Gasteiger partial charge in [-0.2, -0.15) is 18.4 Å². The zero-order valence-corrected chi connectivity index (χ0v) is 18.9. The molecule has 0 saturated carbocycles. The van der Waals surface area contributed by atoms with Crippen LogP contribution >= 0.6 is 11.3 Å². The van der Waals surface area contributed by atoms with Crippen LogP contribution in [0.5, 0.6) is 0 Å². The third-order valence-corrected chi connectivity index (χ3v) is 5.42. The number of carbonyl (C=O) groups is 1. The number of nitrogens with zero attached hydrogens (tertiary/aromatic N) is 2. The first kappa shape index (κ1) is 25.1. The number of nitriles is 1. The Labute approximate surface area is 195 Å². The monoisotopic (exact) mass is 492 g/mol. The number of allylic oxidation sites excluding steroid dienone is 1. The molecule has 0 aliphatic rings. The van der Waals surface area contributed by atoms with E-state index in [0.29, 0.717) is 0 Å². The van der Waals surface area contributed by atoms with Crippen LogP contribution in [0.25, 0.3) is 22.6 Å². The van der Waals surface area contributed by atoms with E-state index in [4.69, 9.17) is 4.74 Å². The van der Waals surface area contributed by atoms with Gasteiger partial charge >= 0.3 is 12.1 Å². The fourth-order valence-corrected chi connectivity index (χ4v) is 3.66. The van der Waals surface area contributed by atoms with Gasteiger partial charge in [0, 0.05) is 10.9 Å². The highest BCUT2D eigenvalue weighted by molar-refractivity contribution is 7.11. The smallest absolute Gasteiger partial charge is 0.417 e. The van der Waals surface area contributed by atoms with Gasteiger partial charge in [-0.25, -0.2) is 13.8 Å². The van der Waals surface area contributed by atoms with Crippen molar-refractivity contribution in [1.82, 2.24) is 4.98 Å². The topological polar surface area (TPSA) is 63.0 Å². The molecule has 3 aromatic rings. The van der Waals surface area contributed by atoms with Crippen molar-refractivity contribution in [1.29, 1.82) is 5.26 Å². The molecule has 0 radical (unpaired) electrons. The predicted octanol–water partition coefficient (Wildman–Crippen LogP) is 7.09. The second-order valence-corrected chi connectivity index (χ2v) is 8.99. The maximum atomic E-state index is 14.2. The first-order valence-electron chi connectivity index (χ1n) is 9.78. The Hall–Kier alpha value is -3.58. The summed E-state index contributed by atoms with van der Waals surface area (Å²) in [5.74, 6) is -3.34. The molecule has 0 aliphatic carbocycles. The Balaban J connectivity index is 2.27. The molecule has 0 amide bonds. The molecule has 176 valence electrons. The Morgan fingerprint density at radius 3 is 2.21 bits per heavy atom. The number of benzene rings is 2. The molecule has 10 heteroatoms. The molecular weight excluding hydrogens is 475 g/mol. The Kier molecular flexibility index (Phi) is 6.89. The van der Waals surface area contributed by atoms with E-state index in [-0.39, 0.29) is 10.7 Å². The number of ether oxygens (including phenoxy) is 1. The molecule has 0 unspecified atom stereocenters. The van der Waals surface area contributed by atoms with E-state index in [0.717, 1.165) is 41.7 Å². The zero-order valence-electron chi connectivity index (χ0n) is 18.1. The molecule has 3 rings (SSSR count). The van der Waals surface area contributed by atoms with Crippen LogP contribution in [0, 0.1) is 28.4 Å². The number of thiazole rings is 1. The summed E-state index contributed by atoms with van der Waals surface area (Å²) in [6.45, 7) is 4.49. The number of carbonyl (C=O) groups excluding carboxylic acids is 1. The minimum absolute atomic E-state index is 0.158. The molecule has 34 heavy (non-hydrogen) atoms. The lowest BCUT2D eigenvalue weighted by atomic mass is 9.96. The second-order valence-electron chi connectivity index (χ2n) is 8.13. The van der Waals surface area contributed by atoms with E-state index in [1.54, 1.807) is 6.07 Å². The van der Waals surface area contributed by atoms with Crippen LogP contribution in [0.1, 0.15) is 36.9 Å². The van der Waals surface area contributed by atoms with Crippen LogP contribution in [0.2, 0.25) is 0 Å². The van der Waals surface area contributed by atoms with Gasteiger partial charge in [-0.1, -0.05) is 24.3 Å². The van der Waals surface area contributed by atoms with Gasteiger partial charge in [0.15, 0.2) is 5.76 Å². The standard InChI is InChI=1S/C24H17F5N2O2S/c1-23(2,3)22(32)33-20(13-7-4-5-8-15(13)24(27,28)29)14(11-30)21-31-18(12-34-21)19-16(25)9-6-10-17(19)26/h4-10,12H,1-3H3/b20-14+. The van der Waals surface area contributed by atoms with E-state index < -0.39 is 57.2 Å². The van der Waals surface area contributed by atoms with Gasteiger partial charge in [0.2, 0.25) is 0 Å². The molecule has 1 aromatic heterocycles. The normalized spacial score (nSPS) is 12.7. The van der Waals surface area contributed by atoms with Gasteiger partial charge < -0.3 is 4.74 Å². The van der Waals surface area contributed by atoms with E-state index in [1.807, 2.05) is 0 Å². The fourth-order valence-electron chi connectivity index (χ4n) is 2.86. The number of rotatable bonds is 4. The Morgan fingerprint density at radius 2 is 1.65 bits per heavy atom. The molecule has 0 spiro atoms. The number of esters is 1. The third kappa shape index (κ3) is 5.15. The average Bonchev–Trinajstić information content (AvgIpc) is 3.21. The summed E-state index contributed by atoms with van der Waals surface area (Å²) in [6.07, 6.45) is -4.82. The molecule has 1 heterocycles. The summed E-state index contributed by atoms with van der Waals surface area (Å²) >= 11 is 0.768. The number of alkyl halides is 3. The highest BCUT2D eigenvalue weighted by Gasteiger charge is 2.37. The van der Waals surface area contributed by atoms with Gasteiger partial charge in [0.1, 0.15) is 28.3 Å². The minimum Gasteiger partial charge on any atom is -0.424 e. The summed E-state index contributed by atoms with van der Waals surface area (Å²) < 4.78 is 74.9. The van der Waals surface area contributed by atoms with Crippen molar-refractivity contribution in [3.8, 4) is 17.3 Å². The summed E-state index contributed by atoms with van der Waals surface area (Å²) in [6, 6.07) is 9.26. The Morgan fingerprint density at radius 1 is 1.03 bits per heavy atom. The molecule has 0 N–H and O–H groups in total. The van der Waals surface area contributed by atoms with Crippen LogP contribution < -0.4 is 0 Å². The average molecular weight is 492 g/mol. The highest BCUT2D eigenvalue weighted by atomic mass is 32.1. The van der Waals surface area contributed by atoms with Crippen LogP contribution in [-0.2, 0) is 15.7 Å². The van der Waals surface area contributed by atoms with Crippen LogP contribution in [-0.4, -0.2) is 11.0 Å². The van der Waals surface area contributed by atoms with Crippen LogP contribution in [0.4, 0.5) is 22.0 Å². The largest absolute Gasteiger partial charge is 0.424 e. The van der Waals surface area contributed by atoms with Crippen molar-refractivity contribution in [3.63, 3.8) is 0 Å². The highest BCUT2D eigenvalue weighted by Crippen LogP contribution is 2.40. The molecule has 0 aliphatic heterocycles. The summed E-state index contributed by atoms with van der Waals surface area (Å²) in [4.78, 5) is 16.7. The van der Waals surface area contributed by atoms with Gasteiger partial charge in [0.05, 0.1) is 22.2 Å². The molecule has 4 nitrogen and oxygen atoms in total. The van der Waals surface area contributed by atoms with Crippen molar-refractivity contribution < 1.29 is 31.5 Å². The van der Waals surface area contributed by atoms with Crippen molar-refractivity contribution in [2.24, 2.45) is 5.41 Å². The second kappa shape index (κ2) is 9.35.